The van der Waals surface area contributed by atoms with Crippen molar-refractivity contribution >= 4 is 27.5 Å². The summed E-state index contributed by atoms with van der Waals surface area (Å²) in [5.41, 5.74) is -0.534. The van der Waals surface area contributed by atoms with E-state index >= 15 is 0 Å². The second-order valence-corrected chi connectivity index (χ2v) is 4.86. The van der Waals surface area contributed by atoms with E-state index in [-0.39, 0.29) is 11.0 Å². The van der Waals surface area contributed by atoms with E-state index in [1.807, 2.05) is 18.4 Å². The molecule has 2 heterocycles. The third-order valence-corrected chi connectivity index (χ3v) is 4.03. The number of aromatic nitrogens is 1. The Balaban J connectivity index is 2.87. The van der Waals surface area contributed by atoms with Crippen molar-refractivity contribution in [1.82, 2.24) is 4.57 Å². The van der Waals surface area contributed by atoms with Crippen LogP contribution >= 0.6 is 11.3 Å². The van der Waals surface area contributed by atoms with Crippen LogP contribution in [0.25, 0.3) is 10.2 Å². The van der Waals surface area contributed by atoms with Crippen molar-refractivity contribution in [2.75, 3.05) is 0 Å². The van der Waals surface area contributed by atoms with E-state index in [0.29, 0.717) is 11.9 Å². The second-order valence-electron chi connectivity index (χ2n) is 3.75. The molecule has 0 aliphatic heterocycles. The Kier molecular flexibility index (Phi) is 3.02. The number of carboxylic acid groups (broad SMARTS) is 1. The fraction of sp³-hybridized carbons (Fsp3) is 0.333. The van der Waals surface area contributed by atoms with E-state index in [4.69, 9.17) is 5.11 Å². The minimum atomic E-state index is -1.16. The highest BCUT2D eigenvalue weighted by Crippen LogP contribution is 2.24. The summed E-state index contributed by atoms with van der Waals surface area (Å²) >= 11 is 1.55. The molecule has 0 fully saturated rings. The maximum absolute atomic E-state index is 12.0. The van der Waals surface area contributed by atoms with Crippen LogP contribution in [0.5, 0.6) is 0 Å². The van der Waals surface area contributed by atoms with Gasteiger partial charge in [-0.05, 0) is 19.4 Å². The summed E-state index contributed by atoms with van der Waals surface area (Å²) in [6, 6.07) is 1.81. The Bertz CT molecular complexity index is 639. The summed E-state index contributed by atoms with van der Waals surface area (Å²) in [6.45, 7) is 4.60. The average molecular weight is 251 g/mol. The normalized spacial score (nSPS) is 10.9. The highest BCUT2D eigenvalue weighted by molar-refractivity contribution is 7.18. The Morgan fingerprint density at radius 2 is 2.18 bits per heavy atom. The third-order valence-electron chi connectivity index (χ3n) is 2.72. The summed E-state index contributed by atoms with van der Waals surface area (Å²) < 4.78 is 1.82. The van der Waals surface area contributed by atoms with Gasteiger partial charge in [-0.3, -0.25) is 4.79 Å². The molecule has 0 saturated carbocycles. The van der Waals surface area contributed by atoms with Gasteiger partial charge in [-0.2, -0.15) is 0 Å². The highest BCUT2D eigenvalue weighted by Gasteiger charge is 2.15. The Morgan fingerprint density at radius 3 is 2.71 bits per heavy atom. The molecule has 0 atom stereocenters. The molecule has 5 heteroatoms. The molecule has 0 radical (unpaired) electrons. The van der Waals surface area contributed by atoms with E-state index in [9.17, 15) is 9.59 Å². The van der Waals surface area contributed by atoms with Crippen LogP contribution < -0.4 is 5.43 Å². The van der Waals surface area contributed by atoms with Gasteiger partial charge >= 0.3 is 5.97 Å². The first-order valence-corrected chi connectivity index (χ1v) is 6.29. The predicted octanol–water partition coefficient (Wildman–Crippen LogP) is 2.34. The number of fused-ring (bicyclic) bond motifs is 1. The lowest BCUT2D eigenvalue weighted by Crippen LogP contribution is -2.17. The minimum absolute atomic E-state index is 0.153. The quantitative estimate of drug-likeness (QED) is 0.910. The van der Waals surface area contributed by atoms with Gasteiger partial charge in [0, 0.05) is 17.6 Å². The molecule has 4 nitrogen and oxygen atoms in total. The van der Waals surface area contributed by atoms with Gasteiger partial charge in [0.05, 0.1) is 5.39 Å². The molecule has 0 spiro atoms. The molecule has 0 aliphatic rings. The maximum atomic E-state index is 12.0. The fourth-order valence-electron chi connectivity index (χ4n) is 1.79. The lowest BCUT2D eigenvalue weighted by Gasteiger charge is -2.05. The number of carboxylic acids is 1. The first-order valence-electron chi connectivity index (χ1n) is 5.47. The van der Waals surface area contributed by atoms with Crippen molar-refractivity contribution in [2.24, 2.45) is 0 Å². The molecule has 2 aromatic heterocycles. The summed E-state index contributed by atoms with van der Waals surface area (Å²) in [7, 11) is 0. The maximum Gasteiger partial charge on any atom is 0.341 e. The Hall–Kier alpha value is -1.62. The smallest absolute Gasteiger partial charge is 0.341 e. The molecule has 0 unspecified atom stereocenters. The van der Waals surface area contributed by atoms with Crippen LogP contribution in [0.2, 0.25) is 0 Å². The van der Waals surface area contributed by atoms with Crippen LogP contribution in [-0.2, 0) is 13.0 Å². The topological polar surface area (TPSA) is 59.3 Å². The van der Waals surface area contributed by atoms with Gasteiger partial charge in [0.2, 0.25) is 5.43 Å². The summed E-state index contributed by atoms with van der Waals surface area (Å²) in [5, 5.41) is 9.52. The summed E-state index contributed by atoms with van der Waals surface area (Å²) in [6.07, 6.45) is 2.29. The number of aromatic carboxylic acids is 1. The monoisotopic (exact) mass is 251 g/mol. The van der Waals surface area contributed by atoms with Crippen LogP contribution in [0, 0.1) is 0 Å². The molecule has 90 valence electrons. The van der Waals surface area contributed by atoms with Crippen molar-refractivity contribution in [3.8, 4) is 0 Å². The van der Waals surface area contributed by atoms with Crippen molar-refractivity contribution in [3.63, 3.8) is 0 Å². The van der Waals surface area contributed by atoms with Crippen molar-refractivity contribution in [3.05, 3.63) is 32.9 Å². The van der Waals surface area contributed by atoms with Gasteiger partial charge in [0.25, 0.3) is 0 Å². The van der Waals surface area contributed by atoms with Crippen molar-refractivity contribution < 1.29 is 9.90 Å². The number of hydrogen-bond donors (Lipinski definition) is 1. The summed E-state index contributed by atoms with van der Waals surface area (Å²) in [5.74, 6) is -1.16. The largest absolute Gasteiger partial charge is 0.477 e. The minimum Gasteiger partial charge on any atom is -0.477 e. The van der Waals surface area contributed by atoms with Gasteiger partial charge in [0.1, 0.15) is 10.4 Å². The zero-order valence-corrected chi connectivity index (χ0v) is 10.5. The zero-order chi connectivity index (χ0) is 12.6. The highest BCUT2D eigenvalue weighted by atomic mass is 32.1. The van der Waals surface area contributed by atoms with Crippen LogP contribution in [0.15, 0.2) is 17.1 Å². The number of rotatable bonds is 3. The van der Waals surface area contributed by atoms with E-state index in [1.54, 1.807) is 17.4 Å². The van der Waals surface area contributed by atoms with Gasteiger partial charge in [-0.25, -0.2) is 4.79 Å². The molecule has 2 rings (SSSR count). The number of pyridine rings is 1. The molecule has 0 amide bonds. The fourth-order valence-corrected chi connectivity index (χ4v) is 2.92. The SMILES string of the molecule is CCc1cc2c(=O)c(C(=O)O)cn(CC)c2s1. The summed E-state index contributed by atoms with van der Waals surface area (Å²) in [4.78, 5) is 24.9. The molecular formula is C12H13NO3S. The third kappa shape index (κ3) is 1.86. The first kappa shape index (κ1) is 11.9. The van der Waals surface area contributed by atoms with Crippen LogP contribution in [0.3, 0.4) is 0 Å². The first-order chi connectivity index (χ1) is 8.08. The lowest BCUT2D eigenvalue weighted by atomic mass is 10.2. The number of carbonyl (C=O) groups is 1. The molecule has 0 aliphatic carbocycles. The molecule has 0 bridgehead atoms. The van der Waals surface area contributed by atoms with E-state index < -0.39 is 5.97 Å². The standard InChI is InChI=1S/C12H13NO3S/c1-3-7-5-8-10(14)9(12(15)16)6-13(4-2)11(8)17-7/h5-6H,3-4H2,1-2H3,(H,15,16). The van der Waals surface area contributed by atoms with Crippen LogP contribution in [0.4, 0.5) is 0 Å². The second kappa shape index (κ2) is 4.33. The molecular weight excluding hydrogens is 238 g/mol. The Labute approximate surface area is 102 Å². The number of aryl methyl sites for hydroxylation is 2. The van der Waals surface area contributed by atoms with E-state index in [1.165, 1.54) is 6.20 Å². The molecule has 2 aromatic rings. The van der Waals surface area contributed by atoms with E-state index in [0.717, 1.165) is 16.1 Å². The number of thiophene rings is 1. The van der Waals surface area contributed by atoms with Gasteiger partial charge in [0.15, 0.2) is 0 Å². The van der Waals surface area contributed by atoms with Gasteiger partial charge in [-0.15, -0.1) is 11.3 Å². The molecule has 17 heavy (non-hydrogen) atoms. The van der Waals surface area contributed by atoms with Gasteiger partial charge in [-0.1, -0.05) is 6.92 Å². The molecule has 0 aromatic carbocycles. The Morgan fingerprint density at radius 1 is 1.47 bits per heavy atom. The van der Waals surface area contributed by atoms with Crippen LogP contribution in [0.1, 0.15) is 29.1 Å². The average Bonchev–Trinajstić information content (AvgIpc) is 2.74. The molecule has 0 saturated heterocycles. The van der Waals surface area contributed by atoms with Crippen LogP contribution in [-0.4, -0.2) is 15.6 Å². The lowest BCUT2D eigenvalue weighted by molar-refractivity contribution is 0.0695. The van der Waals surface area contributed by atoms with E-state index in [2.05, 4.69) is 0 Å². The van der Waals surface area contributed by atoms with Gasteiger partial charge < -0.3 is 9.67 Å². The van der Waals surface area contributed by atoms with Crippen molar-refractivity contribution in [1.29, 1.82) is 0 Å². The zero-order valence-electron chi connectivity index (χ0n) is 9.69. The predicted molar refractivity (Wildman–Crippen MR) is 68.1 cm³/mol. The number of hydrogen-bond acceptors (Lipinski definition) is 3. The van der Waals surface area contributed by atoms with Crippen molar-refractivity contribution in [2.45, 2.75) is 26.8 Å². The molecule has 1 N–H and O–H groups in total. The number of nitrogens with zero attached hydrogens (tertiary/aromatic N) is 1.